The number of ether oxygens (including phenoxy) is 1. The number of esters is 1. The lowest BCUT2D eigenvalue weighted by Gasteiger charge is -2.32. The van der Waals surface area contributed by atoms with Crippen molar-refractivity contribution in [3.63, 3.8) is 0 Å². The Morgan fingerprint density at radius 2 is 1.55 bits per heavy atom. The lowest BCUT2D eigenvalue weighted by Crippen LogP contribution is -2.42. The fourth-order valence-corrected chi connectivity index (χ4v) is 4.77. The lowest BCUT2D eigenvalue weighted by atomic mass is 9.85. The van der Waals surface area contributed by atoms with Gasteiger partial charge in [-0.25, -0.2) is 0 Å². The molecule has 4 rings (SSSR count). The number of amides is 3. The van der Waals surface area contributed by atoms with Crippen LogP contribution < -0.4 is 0 Å². The fourth-order valence-electron chi connectivity index (χ4n) is 4.77. The summed E-state index contributed by atoms with van der Waals surface area (Å²) in [5, 5.41) is 0. The van der Waals surface area contributed by atoms with Gasteiger partial charge in [-0.2, -0.15) is 0 Å². The summed E-state index contributed by atoms with van der Waals surface area (Å²) in [6.45, 7) is 0.518. The summed E-state index contributed by atoms with van der Waals surface area (Å²) < 4.78 is 5.10. The molecule has 0 radical (unpaired) electrons. The third-order valence-corrected chi connectivity index (χ3v) is 6.58. The number of nitrogens with zero attached hydrogens (tertiary/aromatic N) is 2. The Bertz CT molecular complexity index is 847. The van der Waals surface area contributed by atoms with E-state index in [0.717, 1.165) is 24.2 Å². The molecule has 0 saturated carbocycles. The summed E-state index contributed by atoms with van der Waals surface area (Å²) in [5.74, 6) is -1.79. The van der Waals surface area contributed by atoms with E-state index in [1.165, 1.54) is 5.56 Å². The van der Waals surface area contributed by atoms with Gasteiger partial charge in [-0.3, -0.25) is 24.1 Å². The Kier molecular flexibility index (Phi) is 6.49. The Morgan fingerprint density at radius 1 is 0.935 bits per heavy atom. The predicted octanol–water partition coefficient (Wildman–Crippen LogP) is 1.96. The minimum absolute atomic E-state index is 0.233. The standard InChI is InChI=1S/C24H28N2O5/c27-21(25-12-10-18(11-13-25)14-17-6-2-1-3-7-17)16-31-22(28)15-26-23(29)19-8-4-5-9-20(19)24(26)30/h1-7,18-20H,8-16H2/t19-,20-/m1/s1. The van der Waals surface area contributed by atoms with Crippen LogP contribution >= 0.6 is 0 Å². The van der Waals surface area contributed by atoms with E-state index in [9.17, 15) is 19.2 Å². The lowest BCUT2D eigenvalue weighted by molar-refractivity contribution is -0.157. The average Bonchev–Trinajstić information content (AvgIpc) is 3.04. The number of benzene rings is 1. The van der Waals surface area contributed by atoms with E-state index >= 15 is 0 Å². The van der Waals surface area contributed by atoms with E-state index < -0.39 is 12.5 Å². The van der Waals surface area contributed by atoms with E-state index in [1.807, 2.05) is 30.4 Å². The maximum Gasteiger partial charge on any atom is 0.326 e. The smallest absolute Gasteiger partial charge is 0.326 e. The minimum atomic E-state index is -0.722. The molecule has 2 saturated heterocycles. The molecule has 7 nitrogen and oxygen atoms in total. The van der Waals surface area contributed by atoms with Crippen LogP contribution in [0, 0.1) is 17.8 Å². The highest BCUT2D eigenvalue weighted by Gasteiger charge is 2.47. The molecule has 2 aliphatic heterocycles. The number of carbonyl (C=O) groups excluding carboxylic acids is 4. The summed E-state index contributed by atoms with van der Waals surface area (Å²) in [7, 11) is 0. The predicted molar refractivity (Wildman–Crippen MR) is 112 cm³/mol. The molecule has 0 unspecified atom stereocenters. The zero-order valence-electron chi connectivity index (χ0n) is 17.6. The number of allylic oxidation sites excluding steroid dienone is 2. The first-order valence-corrected chi connectivity index (χ1v) is 11.0. The molecule has 2 heterocycles. The van der Waals surface area contributed by atoms with Crippen LogP contribution in [0.2, 0.25) is 0 Å². The largest absolute Gasteiger partial charge is 0.454 e. The van der Waals surface area contributed by atoms with Gasteiger partial charge in [-0.15, -0.1) is 0 Å². The van der Waals surface area contributed by atoms with Crippen molar-refractivity contribution in [1.29, 1.82) is 0 Å². The molecule has 164 valence electrons. The quantitative estimate of drug-likeness (QED) is 0.396. The van der Waals surface area contributed by atoms with Gasteiger partial charge < -0.3 is 9.64 Å². The first kappa shape index (κ1) is 21.3. The van der Waals surface area contributed by atoms with Crippen molar-refractivity contribution in [1.82, 2.24) is 9.80 Å². The number of likely N-dealkylation sites (tertiary alicyclic amines) is 2. The zero-order chi connectivity index (χ0) is 21.8. The molecule has 7 heteroatoms. The Labute approximate surface area is 182 Å². The molecule has 0 N–H and O–H groups in total. The normalized spacial score (nSPS) is 23.7. The number of piperidine rings is 1. The molecule has 0 aromatic heterocycles. The summed E-state index contributed by atoms with van der Waals surface area (Å²) in [6.07, 6.45) is 7.70. The molecule has 1 aliphatic carbocycles. The second kappa shape index (κ2) is 9.45. The first-order chi connectivity index (χ1) is 15.0. The molecular formula is C24H28N2O5. The first-order valence-electron chi connectivity index (χ1n) is 11.0. The molecule has 1 aromatic carbocycles. The third-order valence-electron chi connectivity index (χ3n) is 6.58. The SMILES string of the molecule is O=C(CN1C(=O)[C@@H]2CC=CC[C@H]2C1=O)OCC(=O)N1CCC(Cc2ccccc2)CC1. The molecule has 0 spiro atoms. The minimum Gasteiger partial charge on any atom is -0.454 e. The van der Waals surface area contributed by atoms with E-state index in [4.69, 9.17) is 4.74 Å². The molecule has 31 heavy (non-hydrogen) atoms. The summed E-state index contributed by atoms with van der Waals surface area (Å²) in [4.78, 5) is 52.2. The monoisotopic (exact) mass is 424 g/mol. The van der Waals surface area contributed by atoms with Gasteiger partial charge >= 0.3 is 5.97 Å². The highest BCUT2D eigenvalue weighted by Crippen LogP contribution is 2.34. The van der Waals surface area contributed by atoms with Gasteiger partial charge in [0.2, 0.25) is 11.8 Å². The maximum atomic E-state index is 12.4. The van der Waals surface area contributed by atoms with Crippen LogP contribution in [0.1, 0.15) is 31.2 Å². The van der Waals surface area contributed by atoms with Gasteiger partial charge in [0, 0.05) is 13.1 Å². The van der Waals surface area contributed by atoms with Gasteiger partial charge in [0.05, 0.1) is 11.8 Å². The Balaban J connectivity index is 1.19. The van der Waals surface area contributed by atoms with Crippen molar-refractivity contribution in [3.8, 4) is 0 Å². The van der Waals surface area contributed by atoms with Gasteiger partial charge in [0.25, 0.3) is 5.91 Å². The van der Waals surface area contributed by atoms with Crippen molar-refractivity contribution in [2.24, 2.45) is 17.8 Å². The van der Waals surface area contributed by atoms with Crippen LogP contribution in [0.4, 0.5) is 0 Å². The van der Waals surface area contributed by atoms with Crippen LogP contribution in [-0.2, 0) is 30.3 Å². The molecule has 2 fully saturated rings. The van der Waals surface area contributed by atoms with Crippen LogP contribution in [0.3, 0.4) is 0 Å². The molecule has 0 bridgehead atoms. The fraction of sp³-hybridized carbons (Fsp3) is 0.500. The summed E-state index contributed by atoms with van der Waals surface area (Å²) in [5.41, 5.74) is 1.31. The highest BCUT2D eigenvalue weighted by molar-refractivity contribution is 6.07. The molecule has 2 atom stereocenters. The second-order valence-corrected chi connectivity index (χ2v) is 8.59. The van der Waals surface area contributed by atoms with E-state index in [1.54, 1.807) is 4.90 Å². The van der Waals surface area contributed by atoms with Crippen molar-refractivity contribution < 1.29 is 23.9 Å². The second-order valence-electron chi connectivity index (χ2n) is 8.59. The van der Waals surface area contributed by atoms with Gasteiger partial charge in [-0.05, 0) is 43.6 Å². The molecule has 1 aromatic rings. The van der Waals surface area contributed by atoms with Crippen LogP contribution in [-0.4, -0.2) is 59.7 Å². The number of rotatable bonds is 6. The highest BCUT2D eigenvalue weighted by atomic mass is 16.5. The van der Waals surface area contributed by atoms with Crippen LogP contribution in [0.5, 0.6) is 0 Å². The van der Waals surface area contributed by atoms with Crippen molar-refractivity contribution in [2.45, 2.75) is 32.1 Å². The summed E-state index contributed by atoms with van der Waals surface area (Å²) in [6, 6.07) is 10.3. The third kappa shape index (κ3) is 4.86. The van der Waals surface area contributed by atoms with Gasteiger partial charge in [0.15, 0.2) is 6.61 Å². The van der Waals surface area contributed by atoms with E-state index in [-0.39, 0.29) is 36.2 Å². The number of imide groups is 1. The van der Waals surface area contributed by atoms with Crippen molar-refractivity contribution in [3.05, 3.63) is 48.0 Å². The summed E-state index contributed by atoms with van der Waals surface area (Å²) >= 11 is 0. The van der Waals surface area contributed by atoms with Gasteiger partial charge in [-0.1, -0.05) is 42.5 Å². The zero-order valence-corrected chi connectivity index (χ0v) is 17.6. The van der Waals surface area contributed by atoms with Gasteiger partial charge in [0.1, 0.15) is 6.54 Å². The van der Waals surface area contributed by atoms with Crippen molar-refractivity contribution in [2.75, 3.05) is 26.2 Å². The number of hydrogen-bond donors (Lipinski definition) is 0. The Morgan fingerprint density at radius 3 is 2.16 bits per heavy atom. The molecule has 3 amide bonds. The van der Waals surface area contributed by atoms with Crippen LogP contribution in [0.15, 0.2) is 42.5 Å². The average molecular weight is 424 g/mol. The molecular weight excluding hydrogens is 396 g/mol. The maximum absolute atomic E-state index is 12.4. The topological polar surface area (TPSA) is 84.0 Å². The number of hydrogen-bond acceptors (Lipinski definition) is 5. The number of carbonyl (C=O) groups is 4. The number of fused-ring (bicyclic) bond motifs is 1. The van der Waals surface area contributed by atoms with E-state index in [0.29, 0.717) is 31.8 Å². The van der Waals surface area contributed by atoms with Crippen molar-refractivity contribution >= 4 is 23.7 Å². The van der Waals surface area contributed by atoms with Crippen LogP contribution in [0.25, 0.3) is 0 Å². The molecule has 3 aliphatic rings. The Hall–Kier alpha value is -2.96. The van der Waals surface area contributed by atoms with E-state index in [2.05, 4.69) is 12.1 Å².